The lowest BCUT2D eigenvalue weighted by Crippen LogP contribution is -2.30. The number of ether oxygens (including phenoxy) is 2. The van der Waals surface area contributed by atoms with Gasteiger partial charge in [-0.05, 0) is 43.8 Å². The summed E-state index contributed by atoms with van der Waals surface area (Å²) in [5.41, 5.74) is -0.612. The molecule has 1 N–H and O–H groups in total. The van der Waals surface area contributed by atoms with Crippen LogP contribution in [-0.4, -0.2) is 37.6 Å². The third-order valence-corrected chi connectivity index (χ3v) is 3.90. The summed E-state index contributed by atoms with van der Waals surface area (Å²) >= 11 is 0. The number of hydrogen-bond acceptors (Lipinski definition) is 4. The standard InChI is InChI=1S/C20H21F5N2O3/c1-3-29-17-10-13(8-9-16(17)30-19(21)22)11-27(2)12-18(28)26-15-7-5-4-6-14(15)20(23,24)25/h4-10,19H,3,11-12H2,1-2H3,(H,26,28). The number of carbonyl (C=O) groups excluding carboxylic acids is 1. The molecule has 0 spiro atoms. The highest BCUT2D eigenvalue weighted by Gasteiger charge is 2.33. The van der Waals surface area contributed by atoms with Gasteiger partial charge < -0.3 is 14.8 Å². The van der Waals surface area contributed by atoms with Crippen LogP contribution in [0.25, 0.3) is 0 Å². The lowest BCUT2D eigenvalue weighted by molar-refractivity contribution is -0.137. The van der Waals surface area contributed by atoms with Crippen molar-refractivity contribution in [1.82, 2.24) is 4.90 Å². The molecule has 1 amide bonds. The number of nitrogens with zero attached hydrogens (tertiary/aromatic N) is 1. The Morgan fingerprint density at radius 3 is 2.47 bits per heavy atom. The highest BCUT2D eigenvalue weighted by Crippen LogP contribution is 2.34. The summed E-state index contributed by atoms with van der Waals surface area (Å²) < 4.78 is 73.7. The van der Waals surface area contributed by atoms with Crippen molar-refractivity contribution in [1.29, 1.82) is 0 Å². The minimum absolute atomic E-state index is 0.111. The lowest BCUT2D eigenvalue weighted by Gasteiger charge is -2.19. The first-order chi connectivity index (χ1) is 14.1. The maximum Gasteiger partial charge on any atom is 0.418 e. The molecule has 5 nitrogen and oxygen atoms in total. The van der Waals surface area contributed by atoms with Crippen molar-refractivity contribution in [3.8, 4) is 11.5 Å². The Labute approximate surface area is 170 Å². The van der Waals surface area contributed by atoms with Crippen LogP contribution >= 0.6 is 0 Å². The normalized spacial score (nSPS) is 11.6. The van der Waals surface area contributed by atoms with E-state index in [1.165, 1.54) is 36.4 Å². The number of nitrogens with one attached hydrogen (secondary N) is 1. The number of anilines is 1. The zero-order valence-corrected chi connectivity index (χ0v) is 16.3. The van der Waals surface area contributed by atoms with Crippen molar-refractivity contribution in [3.05, 3.63) is 53.6 Å². The van der Waals surface area contributed by atoms with Gasteiger partial charge in [0.05, 0.1) is 24.4 Å². The van der Waals surface area contributed by atoms with Crippen LogP contribution in [0.5, 0.6) is 11.5 Å². The van der Waals surface area contributed by atoms with Crippen molar-refractivity contribution < 1.29 is 36.2 Å². The molecule has 0 saturated carbocycles. The first kappa shape index (κ1) is 23.4. The number of rotatable bonds is 9. The van der Waals surface area contributed by atoms with Gasteiger partial charge in [-0.2, -0.15) is 22.0 Å². The molecular weight excluding hydrogens is 411 g/mol. The second kappa shape index (κ2) is 10.2. The zero-order valence-electron chi connectivity index (χ0n) is 16.3. The van der Waals surface area contributed by atoms with Gasteiger partial charge in [-0.1, -0.05) is 18.2 Å². The van der Waals surface area contributed by atoms with Gasteiger partial charge in [-0.15, -0.1) is 0 Å². The Hall–Kier alpha value is -2.88. The van der Waals surface area contributed by atoms with E-state index < -0.39 is 24.3 Å². The number of benzene rings is 2. The van der Waals surface area contributed by atoms with E-state index in [0.717, 1.165) is 6.07 Å². The molecule has 0 aromatic heterocycles. The molecule has 0 unspecified atom stereocenters. The summed E-state index contributed by atoms with van der Waals surface area (Å²) in [4.78, 5) is 13.7. The summed E-state index contributed by atoms with van der Waals surface area (Å²) in [7, 11) is 1.60. The van der Waals surface area contributed by atoms with E-state index in [4.69, 9.17) is 4.74 Å². The molecule has 0 saturated heterocycles. The fraction of sp³-hybridized carbons (Fsp3) is 0.350. The van der Waals surface area contributed by atoms with E-state index in [0.29, 0.717) is 5.56 Å². The number of halogens is 5. The van der Waals surface area contributed by atoms with Crippen molar-refractivity contribution in [2.24, 2.45) is 0 Å². The fourth-order valence-corrected chi connectivity index (χ4v) is 2.75. The number of carbonyl (C=O) groups is 1. The summed E-state index contributed by atoms with van der Waals surface area (Å²) in [6.45, 7) is -1.04. The van der Waals surface area contributed by atoms with E-state index in [1.54, 1.807) is 18.9 Å². The Morgan fingerprint density at radius 2 is 1.83 bits per heavy atom. The van der Waals surface area contributed by atoms with E-state index in [9.17, 15) is 26.7 Å². The van der Waals surface area contributed by atoms with Crippen molar-refractivity contribution in [2.75, 3.05) is 25.5 Å². The van der Waals surface area contributed by atoms with E-state index >= 15 is 0 Å². The third kappa shape index (κ3) is 6.87. The highest BCUT2D eigenvalue weighted by molar-refractivity contribution is 5.93. The van der Waals surface area contributed by atoms with Crippen LogP contribution in [0.1, 0.15) is 18.1 Å². The number of hydrogen-bond donors (Lipinski definition) is 1. The first-order valence-corrected chi connectivity index (χ1v) is 8.95. The lowest BCUT2D eigenvalue weighted by atomic mass is 10.1. The van der Waals surface area contributed by atoms with Crippen molar-refractivity contribution in [2.45, 2.75) is 26.3 Å². The van der Waals surface area contributed by atoms with Crippen LogP contribution in [-0.2, 0) is 17.5 Å². The molecule has 0 aliphatic carbocycles. The number of para-hydroxylation sites is 1. The molecule has 0 atom stereocenters. The van der Waals surface area contributed by atoms with E-state index in [-0.39, 0.29) is 36.9 Å². The topological polar surface area (TPSA) is 50.8 Å². The van der Waals surface area contributed by atoms with E-state index in [1.807, 2.05) is 0 Å². The minimum atomic E-state index is -4.59. The molecular formula is C20H21F5N2O3. The monoisotopic (exact) mass is 432 g/mol. The molecule has 164 valence electrons. The minimum Gasteiger partial charge on any atom is -0.490 e. The van der Waals surface area contributed by atoms with Gasteiger partial charge in [0, 0.05) is 6.54 Å². The number of likely N-dealkylation sites (N-methyl/N-ethyl adjacent to an activating group) is 1. The maximum absolute atomic E-state index is 13.0. The van der Waals surface area contributed by atoms with Crippen molar-refractivity contribution >= 4 is 11.6 Å². The van der Waals surface area contributed by atoms with Crippen LogP contribution in [0.15, 0.2) is 42.5 Å². The predicted molar refractivity (Wildman–Crippen MR) is 101 cm³/mol. The molecule has 0 heterocycles. The Bertz CT molecular complexity index is 859. The SMILES string of the molecule is CCOc1cc(CN(C)CC(=O)Nc2ccccc2C(F)(F)F)ccc1OC(F)F. The molecule has 2 rings (SSSR count). The molecule has 2 aromatic carbocycles. The van der Waals surface area contributed by atoms with Crippen LogP contribution < -0.4 is 14.8 Å². The molecule has 30 heavy (non-hydrogen) atoms. The van der Waals surface area contributed by atoms with Gasteiger partial charge >= 0.3 is 12.8 Å². The summed E-state index contributed by atoms with van der Waals surface area (Å²) in [5, 5.41) is 2.27. The first-order valence-electron chi connectivity index (χ1n) is 8.95. The Morgan fingerprint density at radius 1 is 1.13 bits per heavy atom. The molecule has 10 heteroatoms. The molecule has 0 aliphatic rings. The van der Waals surface area contributed by atoms with Crippen LogP contribution in [0.3, 0.4) is 0 Å². The van der Waals surface area contributed by atoms with Gasteiger partial charge in [0.2, 0.25) is 5.91 Å². The number of amides is 1. The smallest absolute Gasteiger partial charge is 0.418 e. The van der Waals surface area contributed by atoms with Gasteiger partial charge in [-0.25, -0.2) is 0 Å². The molecule has 0 fully saturated rings. The molecule has 0 bridgehead atoms. The van der Waals surface area contributed by atoms with Crippen LogP contribution in [0.2, 0.25) is 0 Å². The van der Waals surface area contributed by atoms with Gasteiger partial charge in [0.1, 0.15) is 0 Å². The quantitative estimate of drug-likeness (QED) is 0.580. The van der Waals surface area contributed by atoms with E-state index in [2.05, 4.69) is 10.1 Å². The van der Waals surface area contributed by atoms with Crippen LogP contribution in [0.4, 0.5) is 27.6 Å². The van der Waals surface area contributed by atoms with Gasteiger partial charge in [-0.3, -0.25) is 9.69 Å². The average Bonchev–Trinajstić information content (AvgIpc) is 2.63. The summed E-state index contributed by atoms with van der Waals surface area (Å²) in [6.07, 6.45) is -4.59. The Kier molecular flexibility index (Phi) is 7.99. The van der Waals surface area contributed by atoms with Gasteiger partial charge in [0.25, 0.3) is 0 Å². The van der Waals surface area contributed by atoms with Crippen LogP contribution in [0, 0.1) is 0 Å². The average molecular weight is 432 g/mol. The second-order valence-corrected chi connectivity index (χ2v) is 6.36. The molecule has 0 aliphatic heterocycles. The molecule has 2 aromatic rings. The van der Waals surface area contributed by atoms with Crippen molar-refractivity contribution in [3.63, 3.8) is 0 Å². The Balaban J connectivity index is 2.03. The fourth-order valence-electron chi connectivity index (χ4n) is 2.75. The maximum atomic E-state index is 13.0. The molecule has 0 radical (unpaired) electrons. The predicted octanol–water partition coefficient (Wildman–Crippen LogP) is 4.78. The largest absolute Gasteiger partial charge is 0.490 e. The van der Waals surface area contributed by atoms with Gasteiger partial charge in [0.15, 0.2) is 11.5 Å². The number of alkyl halides is 5. The third-order valence-electron chi connectivity index (χ3n) is 3.90. The second-order valence-electron chi connectivity index (χ2n) is 6.36. The zero-order chi connectivity index (χ0) is 22.3. The summed E-state index contributed by atoms with van der Waals surface area (Å²) in [6, 6.07) is 9.07. The summed E-state index contributed by atoms with van der Waals surface area (Å²) in [5.74, 6) is -0.608. The highest BCUT2D eigenvalue weighted by atomic mass is 19.4.